The summed E-state index contributed by atoms with van der Waals surface area (Å²) in [5.74, 6) is 0. The molecule has 2 rings (SSSR count). The van der Waals surface area contributed by atoms with Crippen molar-refractivity contribution in [2.45, 2.75) is 50.4 Å². The van der Waals surface area contributed by atoms with E-state index in [9.17, 15) is 5.11 Å². The van der Waals surface area contributed by atoms with E-state index >= 15 is 0 Å². The quantitative estimate of drug-likeness (QED) is 0.336. The first kappa shape index (κ1) is 12.6. The summed E-state index contributed by atoms with van der Waals surface area (Å²) in [5, 5.41) is 13.6. The molecule has 2 aliphatic rings. The minimum Gasteiger partial charge on any atom is -0.390 e. The largest absolute Gasteiger partial charge is 0.390 e. The Morgan fingerprint density at radius 1 is 1.59 bits per heavy atom. The molecule has 2 unspecified atom stereocenters. The normalized spacial score (nSPS) is 40.0. The number of ether oxygens (including phenoxy) is 3. The highest BCUT2D eigenvalue weighted by molar-refractivity contribution is 4.97. The molecule has 2 saturated heterocycles. The van der Waals surface area contributed by atoms with Gasteiger partial charge in [-0.25, -0.2) is 0 Å². The van der Waals surface area contributed by atoms with Gasteiger partial charge in [0.25, 0.3) is 0 Å². The fourth-order valence-corrected chi connectivity index (χ4v) is 2.12. The first-order valence-corrected chi connectivity index (χ1v) is 5.89. The zero-order chi connectivity index (χ0) is 12.3. The van der Waals surface area contributed by atoms with Crippen molar-refractivity contribution < 1.29 is 19.3 Å². The monoisotopic (exact) mass is 243 g/mol. The molecule has 7 heteroatoms. The lowest BCUT2D eigenvalue weighted by Crippen LogP contribution is -2.54. The molecule has 96 valence electrons. The van der Waals surface area contributed by atoms with E-state index < -0.39 is 24.5 Å². The highest BCUT2D eigenvalue weighted by atomic mass is 16.7. The zero-order valence-electron chi connectivity index (χ0n) is 9.73. The highest BCUT2D eigenvalue weighted by Gasteiger charge is 2.50. The number of aliphatic hydroxyl groups is 1. The number of aliphatic hydroxyl groups excluding tert-OH is 1. The molecule has 0 spiro atoms. The fraction of sp³-hybridized carbons (Fsp3) is 1.00. The number of unbranched alkanes of at least 4 members (excludes halogenated alkanes) is 1. The molecular weight excluding hydrogens is 226 g/mol. The third-order valence-corrected chi connectivity index (χ3v) is 3.06. The van der Waals surface area contributed by atoms with E-state index in [2.05, 4.69) is 16.9 Å². The summed E-state index contributed by atoms with van der Waals surface area (Å²) in [6.45, 7) is 3.00. The minimum absolute atomic E-state index is 0.267. The predicted octanol–water partition coefficient (Wildman–Crippen LogP) is 0.967. The van der Waals surface area contributed by atoms with Gasteiger partial charge in [0.15, 0.2) is 6.29 Å². The molecule has 0 aromatic carbocycles. The second-order valence-electron chi connectivity index (χ2n) is 4.25. The van der Waals surface area contributed by atoms with Gasteiger partial charge >= 0.3 is 0 Å². The Hall–Kier alpha value is -0.850. The van der Waals surface area contributed by atoms with Crippen LogP contribution >= 0.6 is 0 Å². The van der Waals surface area contributed by atoms with E-state index in [0.717, 1.165) is 12.8 Å². The van der Waals surface area contributed by atoms with Crippen LogP contribution < -0.4 is 0 Å². The molecule has 0 aromatic heterocycles. The van der Waals surface area contributed by atoms with Gasteiger partial charge in [-0.15, -0.1) is 0 Å². The van der Waals surface area contributed by atoms with Gasteiger partial charge in [0.1, 0.15) is 18.2 Å². The van der Waals surface area contributed by atoms with Crippen molar-refractivity contribution in [3.63, 3.8) is 0 Å². The molecule has 2 heterocycles. The lowest BCUT2D eigenvalue weighted by atomic mass is 9.99. The SMILES string of the molecule is CCCCO[C@@H]1C2CO[C@H](O2)[C@@H](N=[N+]=[N-])C1O. The summed E-state index contributed by atoms with van der Waals surface area (Å²) < 4.78 is 16.4. The first-order chi connectivity index (χ1) is 8.27. The summed E-state index contributed by atoms with van der Waals surface area (Å²) in [5.41, 5.74) is 8.46. The minimum atomic E-state index is -0.867. The molecule has 7 nitrogen and oxygen atoms in total. The van der Waals surface area contributed by atoms with Crippen molar-refractivity contribution in [3.05, 3.63) is 10.4 Å². The molecule has 0 aromatic rings. The van der Waals surface area contributed by atoms with Gasteiger partial charge in [0.05, 0.1) is 12.7 Å². The van der Waals surface area contributed by atoms with Crippen molar-refractivity contribution in [2.24, 2.45) is 5.11 Å². The highest BCUT2D eigenvalue weighted by Crippen LogP contribution is 2.31. The average Bonchev–Trinajstić information content (AvgIpc) is 2.75. The van der Waals surface area contributed by atoms with E-state index in [1.165, 1.54) is 0 Å². The maximum atomic E-state index is 10.1. The molecule has 1 N–H and O–H groups in total. The zero-order valence-corrected chi connectivity index (χ0v) is 9.73. The summed E-state index contributed by atoms with van der Waals surface area (Å²) in [4.78, 5) is 2.71. The smallest absolute Gasteiger partial charge is 0.169 e. The third kappa shape index (κ3) is 2.53. The third-order valence-electron chi connectivity index (χ3n) is 3.06. The number of nitrogens with zero attached hydrogens (tertiary/aromatic N) is 3. The number of hydrogen-bond acceptors (Lipinski definition) is 5. The second-order valence-corrected chi connectivity index (χ2v) is 4.25. The standard InChI is InChI=1S/C10H17N3O4/c1-2-3-4-15-9-6-5-16-10(17-6)7(8(9)14)12-13-11/h6-10,14H,2-5H2,1H3/t6?,7-,8?,9+,10+/m0/s1. The van der Waals surface area contributed by atoms with Gasteiger partial charge in [-0.05, 0) is 12.0 Å². The number of azide groups is 1. The van der Waals surface area contributed by atoms with Crippen molar-refractivity contribution >= 4 is 0 Å². The second kappa shape index (κ2) is 5.66. The summed E-state index contributed by atoms with van der Waals surface area (Å²) in [7, 11) is 0. The molecule has 0 saturated carbocycles. The molecule has 0 amide bonds. The number of rotatable bonds is 5. The van der Waals surface area contributed by atoms with Gasteiger partial charge in [0.2, 0.25) is 0 Å². The number of hydrogen-bond donors (Lipinski definition) is 1. The van der Waals surface area contributed by atoms with Crippen LogP contribution in [0, 0.1) is 0 Å². The lowest BCUT2D eigenvalue weighted by molar-refractivity contribution is -0.192. The summed E-state index contributed by atoms with van der Waals surface area (Å²) >= 11 is 0. The van der Waals surface area contributed by atoms with E-state index in [1.807, 2.05) is 0 Å². The van der Waals surface area contributed by atoms with Gasteiger partial charge in [0, 0.05) is 11.5 Å². The van der Waals surface area contributed by atoms with E-state index in [1.54, 1.807) is 0 Å². The average molecular weight is 243 g/mol. The van der Waals surface area contributed by atoms with Crippen LogP contribution in [0.4, 0.5) is 0 Å². The molecule has 0 aliphatic carbocycles. The Morgan fingerprint density at radius 2 is 2.41 bits per heavy atom. The molecule has 17 heavy (non-hydrogen) atoms. The van der Waals surface area contributed by atoms with Crippen LogP contribution in [0.3, 0.4) is 0 Å². The molecule has 2 fully saturated rings. The molecule has 0 radical (unpaired) electrons. The van der Waals surface area contributed by atoms with Crippen LogP contribution in [0.5, 0.6) is 0 Å². The topological polar surface area (TPSA) is 96.7 Å². The van der Waals surface area contributed by atoms with Crippen LogP contribution in [-0.4, -0.2) is 49.0 Å². The maximum Gasteiger partial charge on any atom is 0.169 e. The van der Waals surface area contributed by atoms with Crippen molar-refractivity contribution in [1.82, 2.24) is 0 Å². The van der Waals surface area contributed by atoms with Gasteiger partial charge < -0.3 is 19.3 Å². The van der Waals surface area contributed by atoms with Crippen LogP contribution in [0.2, 0.25) is 0 Å². The van der Waals surface area contributed by atoms with Crippen LogP contribution in [0.1, 0.15) is 19.8 Å². The van der Waals surface area contributed by atoms with Crippen molar-refractivity contribution in [1.29, 1.82) is 0 Å². The van der Waals surface area contributed by atoms with Crippen molar-refractivity contribution in [3.8, 4) is 0 Å². The van der Waals surface area contributed by atoms with Gasteiger partial charge in [-0.3, -0.25) is 0 Å². The van der Waals surface area contributed by atoms with Gasteiger partial charge in [-0.1, -0.05) is 18.5 Å². The Labute approximate surface area is 99.3 Å². The van der Waals surface area contributed by atoms with Crippen LogP contribution in [0.15, 0.2) is 5.11 Å². The maximum absolute atomic E-state index is 10.1. The lowest BCUT2D eigenvalue weighted by Gasteiger charge is -2.35. The fourth-order valence-electron chi connectivity index (χ4n) is 2.12. The van der Waals surface area contributed by atoms with Crippen molar-refractivity contribution in [2.75, 3.05) is 13.2 Å². The van der Waals surface area contributed by atoms with E-state index in [4.69, 9.17) is 19.7 Å². The predicted molar refractivity (Wildman–Crippen MR) is 58.2 cm³/mol. The molecule has 5 atom stereocenters. The molecule has 2 aliphatic heterocycles. The Balaban J connectivity index is 2.01. The van der Waals surface area contributed by atoms with Crippen LogP contribution in [-0.2, 0) is 14.2 Å². The van der Waals surface area contributed by atoms with E-state index in [0.29, 0.717) is 13.2 Å². The molecule has 2 bridgehead atoms. The number of fused-ring (bicyclic) bond motifs is 2. The van der Waals surface area contributed by atoms with E-state index in [-0.39, 0.29) is 6.10 Å². The Kier molecular flexibility index (Phi) is 4.20. The Bertz CT molecular complexity index is 308. The first-order valence-electron chi connectivity index (χ1n) is 5.89. The van der Waals surface area contributed by atoms with Gasteiger partial charge in [-0.2, -0.15) is 0 Å². The summed E-state index contributed by atoms with van der Waals surface area (Å²) in [6, 6.07) is -0.731. The molecular formula is C10H17N3O4. The van der Waals surface area contributed by atoms with Crippen LogP contribution in [0.25, 0.3) is 10.4 Å². The Morgan fingerprint density at radius 3 is 3.12 bits per heavy atom. The summed E-state index contributed by atoms with van der Waals surface area (Å²) in [6.07, 6.45) is -0.307.